The molecule has 0 radical (unpaired) electrons. The maximum Gasteiger partial charge on any atom is 0.411 e. The zero-order valence-electron chi connectivity index (χ0n) is 18.9. The molecule has 6 heteroatoms. The van der Waals surface area contributed by atoms with Crippen LogP contribution in [0.2, 0.25) is 0 Å². The predicted octanol–water partition coefficient (Wildman–Crippen LogP) is 6.62. The number of carbonyl (C=O) groups excluding carboxylic acids is 2. The van der Waals surface area contributed by atoms with Gasteiger partial charge in [-0.15, -0.1) is 0 Å². The first-order valence-corrected chi connectivity index (χ1v) is 11.6. The smallest absolute Gasteiger partial charge is 0.411 e. The largest absolute Gasteiger partial charge is 0.508 e. The number of phenolic OH excluding ortho intramolecular Hbond substituents is 1. The Labute approximate surface area is 186 Å². The van der Waals surface area contributed by atoms with Crippen LogP contribution < -0.4 is 5.32 Å². The molecule has 0 fully saturated rings. The summed E-state index contributed by atoms with van der Waals surface area (Å²) in [7, 11) is 0. The molecule has 2 unspecified atom stereocenters. The molecule has 31 heavy (non-hydrogen) atoms. The van der Waals surface area contributed by atoms with Gasteiger partial charge < -0.3 is 14.6 Å². The Kier molecular flexibility index (Phi) is 11.0. The van der Waals surface area contributed by atoms with Gasteiger partial charge >= 0.3 is 12.1 Å². The van der Waals surface area contributed by atoms with Crippen molar-refractivity contribution < 1.29 is 24.2 Å². The van der Waals surface area contributed by atoms with Gasteiger partial charge in [-0.1, -0.05) is 45.4 Å². The van der Waals surface area contributed by atoms with E-state index in [1.54, 1.807) is 24.3 Å². The minimum atomic E-state index is -0.466. The molecule has 1 amide bonds. The molecule has 1 aliphatic rings. The lowest BCUT2D eigenvalue weighted by Gasteiger charge is -2.19. The van der Waals surface area contributed by atoms with E-state index in [1.165, 1.54) is 31.9 Å². The maximum absolute atomic E-state index is 12.5. The Bertz CT molecular complexity index is 731. The Hall–Kier alpha value is -2.50. The maximum atomic E-state index is 12.5. The average Bonchev–Trinajstić information content (AvgIpc) is 3.14. The van der Waals surface area contributed by atoms with Crippen LogP contribution in [0.15, 0.2) is 30.5 Å². The monoisotopic (exact) mass is 431 g/mol. The Balaban J connectivity index is 1.79. The number of cyclic esters (lactones) is 1. The lowest BCUT2D eigenvalue weighted by molar-refractivity contribution is -0.139. The molecular formula is C25H37NO5. The van der Waals surface area contributed by atoms with Crippen molar-refractivity contribution in [2.45, 2.75) is 90.6 Å². The van der Waals surface area contributed by atoms with E-state index in [2.05, 4.69) is 12.2 Å². The fourth-order valence-electron chi connectivity index (χ4n) is 3.81. The van der Waals surface area contributed by atoms with Crippen molar-refractivity contribution in [1.29, 1.82) is 0 Å². The van der Waals surface area contributed by atoms with Gasteiger partial charge in [0.25, 0.3) is 0 Å². The molecule has 172 valence electrons. The summed E-state index contributed by atoms with van der Waals surface area (Å²) < 4.78 is 10.6. The number of benzene rings is 1. The number of nitrogens with one attached hydrogen (secondary N) is 1. The number of esters is 1. The van der Waals surface area contributed by atoms with Crippen molar-refractivity contribution in [3.05, 3.63) is 36.1 Å². The number of unbranched alkanes of at least 4 members (excludes halogenated alkanes) is 6. The van der Waals surface area contributed by atoms with Crippen LogP contribution in [-0.4, -0.2) is 23.3 Å². The summed E-state index contributed by atoms with van der Waals surface area (Å²) in [6.45, 7) is 4.03. The zero-order chi connectivity index (χ0) is 22.5. The van der Waals surface area contributed by atoms with Gasteiger partial charge in [-0.3, -0.25) is 10.1 Å². The quantitative estimate of drug-likeness (QED) is 0.196. The third-order valence-electron chi connectivity index (χ3n) is 5.69. The molecule has 2 rings (SSSR count). The third-order valence-corrected chi connectivity index (χ3v) is 5.69. The van der Waals surface area contributed by atoms with Gasteiger partial charge in [-0.25, -0.2) is 4.79 Å². The first-order valence-electron chi connectivity index (χ1n) is 11.6. The van der Waals surface area contributed by atoms with Crippen LogP contribution in [0.3, 0.4) is 0 Å². The SMILES string of the molecule is CCCCCCCCC(CCCCC1C=COC1=O)OC(=O)Nc1ccc(O)cc1C. The summed E-state index contributed by atoms with van der Waals surface area (Å²) in [5.41, 5.74) is 1.41. The predicted molar refractivity (Wildman–Crippen MR) is 122 cm³/mol. The summed E-state index contributed by atoms with van der Waals surface area (Å²) in [5.74, 6) is -0.152. The second-order valence-corrected chi connectivity index (χ2v) is 8.36. The van der Waals surface area contributed by atoms with Crippen molar-refractivity contribution in [3.63, 3.8) is 0 Å². The van der Waals surface area contributed by atoms with Crippen LogP contribution in [-0.2, 0) is 14.3 Å². The molecule has 1 aliphatic heterocycles. The van der Waals surface area contributed by atoms with Gasteiger partial charge in [0.2, 0.25) is 0 Å². The number of rotatable bonds is 14. The van der Waals surface area contributed by atoms with Crippen LogP contribution in [0.25, 0.3) is 0 Å². The van der Waals surface area contributed by atoms with Crippen molar-refractivity contribution >= 4 is 17.7 Å². The third kappa shape index (κ3) is 9.45. The van der Waals surface area contributed by atoms with Crippen LogP contribution >= 0.6 is 0 Å². The Morgan fingerprint density at radius 3 is 2.52 bits per heavy atom. The highest BCUT2D eigenvalue weighted by atomic mass is 16.6. The van der Waals surface area contributed by atoms with Gasteiger partial charge in [0.1, 0.15) is 11.9 Å². The topological polar surface area (TPSA) is 84.9 Å². The normalized spacial score (nSPS) is 16.2. The lowest BCUT2D eigenvalue weighted by atomic mass is 9.99. The number of hydrogen-bond donors (Lipinski definition) is 2. The summed E-state index contributed by atoms with van der Waals surface area (Å²) in [6.07, 6.45) is 14.0. The molecule has 0 saturated heterocycles. The van der Waals surface area contributed by atoms with Gasteiger partial charge in [0, 0.05) is 5.69 Å². The number of amides is 1. The highest BCUT2D eigenvalue weighted by Crippen LogP contribution is 2.23. The first kappa shape index (κ1) is 24.8. The molecule has 1 heterocycles. The average molecular weight is 432 g/mol. The number of carbonyl (C=O) groups is 2. The van der Waals surface area contributed by atoms with Gasteiger partial charge in [0.15, 0.2) is 0 Å². The number of ether oxygens (including phenoxy) is 2. The molecule has 6 nitrogen and oxygen atoms in total. The van der Waals surface area contributed by atoms with Crippen LogP contribution in [0.1, 0.15) is 83.1 Å². The highest BCUT2D eigenvalue weighted by Gasteiger charge is 2.21. The van der Waals surface area contributed by atoms with Crippen molar-refractivity contribution in [3.8, 4) is 5.75 Å². The highest BCUT2D eigenvalue weighted by molar-refractivity contribution is 5.85. The Morgan fingerprint density at radius 1 is 1.13 bits per heavy atom. The van der Waals surface area contributed by atoms with Crippen LogP contribution in [0.5, 0.6) is 5.75 Å². The number of anilines is 1. The Morgan fingerprint density at radius 2 is 1.84 bits per heavy atom. The van der Waals surface area contributed by atoms with E-state index < -0.39 is 6.09 Å². The minimum Gasteiger partial charge on any atom is -0.508 e. The van der Waals surface area contributed by atoms with E-state index in [4.69, 9.17) is 9.47 Å². The molecule has 1 aromatic carbocycles. The van der Waals surface area contributed by atoms with Gasteiger partial charge in [-0.05, 0) is 68.9 Å². The van der Waals surface area contributed by atoms with Crippen molar-refractivity contribution in [2.24, 2.45) is 5.92 Å². The number of aryl methyl sites for hydroxylation is 1. The fraction of sp³-hybridized carbons (Fsp3) is 0.600. The van der Waals surface area contributed by atoms with Crippen molar-refractivity contribution in [1.82, 2.24) is 0 Å². The number of aromatic hydroxyl groups is 1. The van der Waals surface area contributed by atoms with E-state index in [0.29, 0.717) is 5.69 Å². The van der Waals surface area contributed by atoms with Gasteiger partial charge in [-0.2, -0.15) is 0 Å². The van der Waals surface area contributed by atoms with Crippen LogP contribution in [0.4, 0.5) is 10.5 Å². The minimum absolute atomic E-state index is 0.140. The van der Waals surface area contributed by atoms with Crippen molar-refractivity contribution in [2.75, 3.05) is 5.32 Å². The molecule has 2 N–H and O–H groups in total. The standard InChI is InChI=1S/C25H37NO5/c1-3-4-5-6-7-8-12-22(13-10-9-11-20-16-17-30-24(20)28)31-25(29)26-23-15-14-21(27)18-19(23)2/h14-18,20,22,27H,3-13H2,1-2H3,(H,26,29). The molecule has 0 aliphatic carbocycles. The van der Waals surface area contributed by atoms with E-state index in [9.17, 15) is 14.7 Å². The summed E-state index contributed by atoms with van der Waals surface area (Å²) in [5, 5.41) is 12.3. The molecule has 0 saturated carbocycles. The molecule has 0 spiro atoms. The van der Waals surface area contributed by atoms with E-state index >= 15 is 0 Å². The van der Waals surface area contributed by atoms with Gasteiger partial charge in [0.05, 0.1) is 12.2 Å². The van der Waals surface area contributed by atoms with E-state index in [-0.39, 0.29) is 23.7 Å². The first-order chi connectivity index (χ1) is 15.0. The second kappa shape index (κ2) is 13.7. The molecule has 1 aromatic rings. The molecule has 0 bridgehead atoms. The number of hydrogen-bond acceptors (Lipinski definition) is 5. The summed E-state index contributed by atoms with van der Waals surface area (Å²) in [6, 6.07) is 4.81. The van der Waals surface area contributed by atoms with E-state index in [1.807, 2.05) is 6.92 Å². The number of phenols is 1. The second-order valence-electron chi connectivity index (χ2n) is 8.36. The zero-order valence-corrected chi connectivity index (χ0v) is 18.9. The fourth-order valence-corrected chi connectivity index (χ4v) is 3.81. The van der Waals surface area contributed by atoms with Crippen LogP contribution in [0, 0.1) is 12.8 Å². The molecular weight excluding hydrogens is 394 g/mol. The molecule has 2 atom stereocenters. The summed E-state index contributed by atoms with van der Waals surface area (Å²) in [4.78, 5) is 24.0. The summed E-state index contributed by atoms with van der Waals surface area (Å²) >= 11 is 0. The lowest BCUT2D eigenvalue weighted by Crippen LogP contribution is -2.23. The van der Waals surface area contributed by atoms with E-state index in [0.717, 1.165) is 50.5 Å². The molecule has 0 aromatic heterocycles.